The molecule has 14 heavy (non-hydrogen) atoms. The van der Waals surface area contributed by atoms with Gasteiger partial charge in [0.25, 0.3) is 0 Å². The molecular formula is C9H13BrN2OS. The highest BCUT2D eigenvalue weighted by Crippen LogP contribution is 2.12. The lowest BCUT2D eigenvalue weighted by molar-refractivity contribution is 0.684. The second-order valence-corrected chi connectivity index (χ2v) is 5.53. The summed E-state index contributed by atoms with van der Waals surface area (Å²) >= 11 is 3.33. The van der Waals surface area contributed by atoms with Crippen LogP contribution in [-0.4, -0.2) is 27.2 Å². The molecular weight excluding hydrogens is 264 g/mol. The Kier molecular flexibility index (Phi) is 5.11. The quantitative estimate of drug-likeness (QED) is 0.895. The van der Waals surface area contributed by atoms with Gasteiger partial charge in [-0.2, -0.15) is 0 Å². The first kappa shape index (κ1) is 11.7. The van der Waals surface area contributed by atoms with Crippen LogP contribution in [0.1, 0.15) is 6.92 Å². The molecule has 0 fully saturated rings. The minimum Gasteiger partial charge on any atom is -0.383 e. The Bertz CT molecular complexity index is 319. The molecule has 1 aromatic rings. The van der Waals surface area contributed by atoms with Gasteiger partial charge in [0, 0.05) is 39.5 Å². The Morgan fingerprint density at radius 2 is 2.36 bits per heavy atom. The number of hydrogen-bond acceptors (Lipinski definition) is 3. The second-order valence-electron chi connectivity index (χ2n) is 2.75. The van der Waals surface area contributed by atoms with Crippen molar-refractivity contribution in [3.8, 4) is 0 Å². The molecule has 1 unspecified atom stereocenters. The lowest BCUT2D eigenvalue weighted by Crippen LogP contribution is -2.11. The zero-order valence-corrected chi connectivity index (χ0v) is 10.4. The molecule has 0 bridgehead atoms. The molecule has 0 amide bonds. The molecule has 0 saturated heterocycles. The summed E-state index contributed by atoms with van der Waals surface area (Å²) in [5, 5.41) is 3.17. The predicted octanol–water partition coefficient (Wildman–Crippen LogP) is 2.02. The number of halogens is 1. The molecule has 0 radical (unpaired) electrons. The summed E-state index contributed by atoms with van der Waals surface area (Å²) < 4.78 is 12.1. The van der Waals surface area contributed by atoms with Gasteiger partial charge < -0.3 is 5.32 Å². The molecule has 1 rings (SSSR count). The van der Waals surface area contributed by atoms with E-state index < -0.39 is 10.8 Å². The zero-order chi connectivity index (χ0) is 10.4. The lowest BCUT2D eigenvalue weighted by Gasteiger charge is -2.04. The molecule has 0 saturated carbocycles. The van der Waals surface area contributed by atoms with Crippen molar-refractivity contribution in [2.45, 2.75) is 6.92 Å². The number of hydrogen-bond donors (Lipinski definition) is 1. The number of anilines is 1. The van der Waals surface area contributed by atoms with E-state index in [4.69, 9.17) is 0 Å². The van der Waals surface area contributed by atoms with Crippen LogP contribution in [0.4, 0.5) is 5.69 Å². The van der Waals surface area contributed by atoms with E-state index in [1.165, 1.54) is 0 Å². The Labute approximate surface area is 94.9 Å². The van der Waals surface area contributed by atoms with Crippen LogP contribution in [0.3, 0.4) is 0 Å². The third kappa shape index (κ3) is 4.19. The van der Waals surface area contributed by atoms with Crippen LogP contribution in [0.2, 0.25) is 0 Å². The number of nitrogens with zero attached hydrogens (tertiary/aromatic N) is 1. The van der Waals surface area contributed by atoms with Crippen LogP contribution >= 0.6 is 15.9 Å². The summed E-state index contributed by atoms with van der Waals surface area (Å²) in [6, 6.07) is 1.95. The Morgan fingerprint density at radius 1 is 1.57 bits per heavy atom. The maximum absolute atomic E-state index is 11.1. The summed E-state index contributed by atoms with van der Waals surface area (Å²) in [5.41, 5.74) is 0.951. The van der Waals surface area contributed by atoms with Gasteiger partial charge in [0.05, 0.1) is 11.9 Å². The first-order valence-corrected chi connectivity index (χ1v) is 6.70. The Balaban J connectivity index is 2.35. The fourth-order valence-electron chi connectivity index (χ4n) is 0.962. The average Bonchev–Trinajstić information content (AvgIpc) is 2.17. The molecule has 3 nitrogen and oxygen atoms in total. The third-order valence-corrected chi connectivity index (χ3v) is 3.42. The predicted molar refractivity (Wildman–Crippen MR) is 64.0 cm³/mol. The van der Waals surface area contributed by atoms with Gasteiger partial charge in [-0.05, 0) is 22.0 Å². The van der Waals surface area contributed by atoms with Crippen LogP contribution in [0.5, 0.6) is 0 Å². The van der Waals surface area contributed by atoms with Crippen molar-refractivity contribution >= 4 is 32.4 Å². The monoisotopic (exact) mass is 276 g/mol. The van der Waals surface area contributed by atoms with Crippen LogP contribution in [-0.2, 0) is 10.8 Å². The van der Waals surface area contributed by atoms with Crippen molar-refractivity contribution in [3.05, 3.63) is 22.9 Å². The molecule has 1 atom stereocenters. The van der Waals surface area contributed by atoms with E-state index in [-0.39, 0.29) is 0 Å². The fraction of sp³-hybridized carbons (Fsp3) is 0.444. The highest BCUT2D eigenvalue weighted by Gasteiger charge is 1.96. The van der Waals surface area contributed by atoms with Crippen molar-refractivity contribution in [3.63, 3.8) is 0 Å². The van der Waals surface area contributed by atoms with Crippen molar-refractivity contribution < 1.29 is 4.21 Å². The van der Waals surface area contributed by atoms with Gasteiger partial charge in [-0.25, -0.2) is 0 Å². The van der Waals surface area contributed by atoms with Crippen LogP contribution < -0.4 is 5.32 Å². The van der Waals surface area contributed by atoms with Gasteiger partial charge in [-0.3, -0.25) is 9.19 Å². The minimum absolute atomic E-state index is 0.684. The van der Waals surface area contributed by atoms with Crippen molar-refractivity contribution in [1.29, 1.82) is 0 Å². The Hall–Kier alpha value is -0.420. The number of aromatic nitrogens is 1. The summed E-state index contributed by atoms with van der Waals surface area (Å²) in [5.74, 6) is 1.40. The standard InChI is InChI=1S/C9H13BrN2OS/c1-2-14(13)4-3-12-9-5-8(10)6-11-7-9/h5-7,12H,2-4H2,1H3. The smallest absolute Gasteiger partial charge is 0.0538 e. The number of nitrogens with one attached hydrogen (secondary N) is 1. The zero-order valence-electron chi connectivity index (χ0n) is 8.00. The number of rotatable bonds is 5. The highest BCUT2D eigenvalue weighted by atomic mass is 79.9. The van der Waals surface area contributed by atoms with E-state index in [2.05, 4.69) is 26.2 Å². The van der Waals surface area contributed by atoms with E-state index in [1.807, 2.05) is 13.0 Å². The molecule has 0 aromatic carbocycles. The van der Waals surface area contributed by atoms with E-state index >= 15 is 0 Å². The van der Waals surface area contributed by atoms with Crippen LogP contribution in [0.25, 0.3) is 0 Å². The minimum atomic E-state index is -0.701. The fourth-order valence-corrected chi connectivity index (χ4v) is 1.95. The molecule has 1 N–H and O–H groups in total. The van der Waals surface area contributed by atoms with Crippen molar-refractivity contribution in [2.75, 3.05) is 23.4 Å². The molecule has 0 aliphatic heterocycles. The molecule has 0 spiro atoms. The largest absolute Gasteiger partial charge is 0.383 e. The van der Waals surface area contributed by atoms with Gasteiger partial charge in [-0.1, -0.05) is 6.92 Å². The SMILES string of the molecule is CCS(=O)CCNc1cncc(Br)c1. The summed E-state index contributed by atoms with van der Waals surface area (Å²) in [7, 11) is -0.701. The molecule has 1 aromatic heterocycles. The molecule has 78 valence electrons. The van der Waals surface area contributed by atoms with E-state index in [0.717, 1.165) is 22.5 Å². The van der Waals surface area contributed by atoms with Gasteiger partial charge in [0.2, 0.25) is 0 Å². The molecule has 0 aliphatic carbocycles. The molecule has 0 aliphatic rings. The lowest BCUT2D eigenvalue weighted by atomic mass is 10.4. The molecule has 5 heteroatoms. The van der Waals surface area contributed by atoms with Crippen molar-refractivity contribution in [1.82, 2.24) is 4.98 Å². The summed E-state index contributed by atoms with van der Waals surface area (Å²) in [6.45, 7) is 2.65. The summed E-state index contributed by atoms with van der Waals surface area (Å²) in [6.07, 6.45) is 3.48. The Morgan fingerprint density at radius 3 is 3.00 bits per heavy atom. The van der Waals surface area contributed by atoms with E-state index in [0.29, 0.717) is 5.75 Å². The normalized spacial score (nSPS) is 12.4. The maximum atomic E-state index is 11.1. The molecule has 1 heterocycles. The van der Waals surface area contributed by atoms with Gasteiger partial charge >= 0.3 is 0 Å². The van der Waals surface area contributed by atoms with Gasteiger partial charge in [0.1, 0.15) is 0 Å². The number of pyridine rings is 1. The van der Waals surface area contributed by atoms with E-state index in [9.17, 15) is 4.21 Å². The van der Waals surface area contributed by atoms with Crippen LogP contribution in [0.15, 0.2) is 22.9 Å². The average molecular weight is 277 g/mol. The summed E-state index contributed by atoms with van der Waals surface area (Å²) in [4.78, 5) is 4.02. The van der Waals surface area contributed by atoms with E-state index in [1.54, 1.807) is 12.4 Å². The first-order valence-electron chi connectivity index (χ1n) is 4.41. The second kappa shape index (κ2) is 6.14. The van der Waals surface area contributed by atoms with Gasteiger partial charge in [0.15, 0.2) is 0 Å². The third-order valence-electron chi connectivity index (χ3n) is 1.69. The highest BCUT2D eigenvalue weighted by molar-refractivity contribution is 9.10. The van der Waals surface area contributed by atoms with Crippen molar-refractivity contribution in [2.24, 2.45) is 0 Å². The van der Waals surface area contributed by atoms with Crippen LogP contribution in [0, 0.1) is 0 Å². The van der Waals surface area contributed by atoms with Gasteiger partial charge in [-0.15, -0.1) is 0 Å². The maximum Gasteiger partial charge on any atom is 0.0538 e. The first-order chi connectivity index (χ1) is 6.72. The topological polar surface area (TPSA) is 42.0 Å².